The Morgan fingerprint density at radius 3 is 2.79 bits per heavy atom. The van der Waals surface area contributed by atoms with E-state index in [2.05, 4.69) is 35.1 Å². The summed E-state index contributed by atoms with van der Waals surface area (Å²) in [5.41, 5.74) is 7.78. The van der Waals surface area contributed by atoms with Crippen LogP contribution in [-0.2, 0) is 6.54 Å². The van der Waals surface area contributed by atoms with Crippen molar-refractivity contribution in [3.63, 3.8) is 0 Å². The minimum Gasteiger partial charge on any atom is -0.493 e. The maximum absolute atomic E-state index is 11.9. The highest BCUT2D eigenvalue weighted by molar-refractivity contribution is 6.03. The average Bonchev–Trinajstić information content (AvgIpc) is 3.25. The monoisotopic (exact) mass is 451 g/mol. The van der Waals surface area contributed by atoms with Crippen molar-refractivity contribution in [2.24, 2.45) is 11.7 Å². The standard InChI is InChI=1S/C25H31N4O4/c1-16(2)15-32-22-13-17(7-8-20(22)31-3)14-29(18-9-11-27-12-10-18)25-28-23-19(24(26)30)5-4-6-21(23)33-25/h4,6-8,13,16,18,27H,9-12,14-15H2,1-3H3,(H2,26,30). The molecule has 8 nitrogen and oxygen atoms in total. The van der Waals surface area contributed by atoms with Crippen molar-refractivity contribution in [2.45, 2.75) is 39.3 Å². The first-order valence-corrected chi connectivity index (χ1v) is 11.3. The van der Waals surface area contributed by atoms with Gasteiger partial charge >= 0.3 is 0 Å². The summed E-state index contributed by atoms with van der Waals surface area (Å²) < 4.78 is 17.6. The molecule has 1 fully saturated rings. The summed E-state index contributed by atoms with van der Waals surface area (Å²) in [5.74, 6) is 1.25. The first-order valence-electron chi connectivity index (χ1n) is 11.3. The average molecular weight is 452 g/mol. The molecule has 0 unspecified atom stereocenters. The number of aromatic nitrogens is 1. The van der Waals surface area contributed by atoms with E-state index >= 15 is 0 Å². The molecule has 1 amide bonds. The molecule has 1 saturated heterocycles. The number of nitrogens with zero attached hydrogens (tertiary/aromatic N) is 2. The second kappa shape index (κ2) is 10.1. The highest BCUT2D eigenvalue weighted by Gasteiger charge is 2.27. The van der Waals surface area contributed by atoms with Crippen LogP contribution in [0.3, 0.4) is 0 Å². The molecule has 0 bridgehead atoms. The smallest absolute Gasteiger partial charge is 0.298 e. The van der Waals surface area contributed by atoms with Gasteiger partial charge in [-0.1, -0.05) is 19.9 Å². The fourth-order valence-corrected chi connectivity index (χ4v) is 4.05. The van der Waals surface area contributed by atoms with Gasteiger partial charge in [0.05, 0.1) is 19.3 Å². The predicted octanol–water partition coefficient (Wildman–Crippen LogP) is 3.53. The zero-order chi connectivity index (χ0) is 23.4. The number of benzene rings is 2. The molecule has 3 N–H and O–H groups in total. The van der Waals surface area contributed by atoms with Gasteiger partial charge in [0.25, 0.3) is 11.9 Å². The zero-order valence-corrected chi connectivity index (χ0v) is 19.4. The summed E-state index contributed by atoms with van der Waals surface area (Å²) in [6.07, 6.45) is 1.92. The summed E-state index contributed by atoms with van der Waals surface area (Å²) in [4.78, 5) is 18.7. The number of amides is 1. The molecule has 0 spiro atoms. The Morgan fingerprint density at radius 2 is 2.09 bits per heavy atom. The molecule has 0 atom stereocenters. The van der Waals surface area contributed by atoms with Gasteiger partial charge in [-0.25, -0.2) is 0 Å². The molecule has 0 saturated carbocycles. The predicted molar refractivity (Wildman–Crippen MR) is 127 cm³/mol. The van der Waals surface area contributed by atoms with Crippen molar-refractivity contribution < 1.29 is 18.7 Å². The van der Waals surface area contributed by atoms with Crippen LogP contribution in [0.2, 0.25) is 0 Å². The van der Waals surface area contributed by atoms with Gasteiger partial charge in [-0.15, -0.1) is 0 Å². The molecule has 3 aromatic rings. The Morgan fingerprint density at radius 1 is 1.30 bits per heavy atom. The number of nitrogens with two attached hydrogens (primary N) is 1. The fourth-order valence-electron chi connectivity index (χ4n) is 4.05. The van der Waals surface area contributed by atoms with Crippen molar-refractivity contribution in [1.82, 2.24) is 10.3 Å². The van der Waals surface area contributed by atoms with E-state index in [0.717, 1.165) is 37.2 Å². The Hall–Kier alpha value is -3.26. The van der Waals surface area contributed by atoms with E-state index in [1.807, 2.05) is 18.2 Å². The Kier molecular flexibility index (Phi) is 7.03. The molecule has 2 heterocycles. The number of fused-ring (bicyclic) bond motifs is 1. The molecule has 1 aromatic heterocycles. The van der Waals surface area contributed by atoms with Gasteiger partial charge in [0, 0.05) is 12.6 Å². The van der Waals surface area contributed by atoms with Crippen LogP contribution < -0.4 is 25.4 Å². The number of anilines is 1. The Balaban J connectivity index is 1.69. The molecule has 175 valence electrons. The molecule has 8 heteroatoms. The Bertz CT molecular complexity index is 1100. The van der Waals surface area contributed by atoms with E-state index in [0.29, 0.717) is 41.9 Å². The van der Waals surface area contributed by atoms with Crippen LogP contribution in [0.15, 0.2) is 34.7 Å². The highest BCUT2D eigenvalue weighted by Crippen LogP contribution is 2.32. The normalized spacial score (nSPS) is 14.5. The maximum atomic E-state index is 11.9. The van der Waals surface area contributed by atoms with Crippen molar-refractivity contribution >= 4 is 23.0 Å². The molecule has 33 heavy (non-hydrogen) atoms. The summed E-state index contributed by atoms with van der Waals surface area (Å²) in [5, 5.41) is 3.41. The van der Waals surface area contributed by atoms with Crippen molar-refractivity contribution in [1.29, 1.82) is 0 Å². The van der Waals surface area contributed by atoms with Crippen LogP contribution >= 0.6 is 0 Å². The third kappa shape index (κ3) is 5.22. The molecule has 1 aliphatic rings. The number of rotatable bonds is 9. The third-order valence-electron chi connectivity index (χ3n) is 5.74. The van der Waals surface area contributed by atoms with Crippen LogP contribution in [0.1, 0.15) is 42.6 Å². The van der Waals surface area contributed by atoms with E-state index in [9.17, 15) is 4.79 Å². The van der Waals surface area contributed by atoms with Gasteiger partial charge in [0.1, 0.15) is 5.52 Å². The number of nitrogens with one attached hydrogen (secondary N) is 1. The zero-order valence-electron chi connectivity index (χ0n) is 19.4. The van der Waals surface area contributed by atoms with E-state index in [4.69, 9.17) is 19.6 Å². The van der Waals surface area contributed by atoms with Gasteiger partial charge in [0.15, 0.2) is 17.1 Å². The van der Waals surface area contributed by atoms with E-state index in [1.165, 1.54) is 0 Å². The molecule has 1 aliphatic heterocycles. The van der Waals surface area contributed by atoms with Gasteiger partial charge in [-0.3, -0.25) is 4.79 Å². The SMILES string of the molecule is COc1ccc(CN(c2nc3c(C(N)=O)[c]ccc3o2)C2CCNCC2)cc1OCC(C)C. The van der Waals surface area contributed by atoms with Crippen LogP contribution in [0.25, 0.3) is 11.1 Å². The minimum absolute atomic E-state index is 0.238. The second-order valence-electron chi connectivity index (χ2n) is 8.73. The van der Waals surface area contributed by atoms with Crippen molar-refractivity contribution in [3.05, 3.63) is 47.5 Å². The van der Waals surface area contributed by atoms with Crippen LogP contribution in [0.4, 0.5) is 6.01 Å². The largest absolute Gasteiger partial charge is 0.493 e. The number of hydrogen-bond donors (Lipinski definition) is 2. The lowest BCUT2D eigenvalue weighted by Crippen LogP contribution is -2.43. The third-order valence-corrected chi connectivity index (χ3v) is 5.74. The maximum Gasteiger partial charge on any atom is 0.298 e. The number of ether oxygens (including phenoxy) is 2. The molecule has 0 aliphatic carbocycles. The number of hydrogen-bond acceptors (Lipinski definition) is 7. The summed E-state index contributed by atoms with van der Waals surface area (Å²) in [6.45, 7) is 7.25. The van der Waals surface area contributed by atoms with Gasteiger partial charge < -0.3 is 29.8 Å². The first-order chi connectivity index (χ1) is 16.0. The summed E-state index contributed by atoms with van der Waals surface area (Å²) in [6, 6.07) is 12.9. The number of primary amides is 1. The minimum atomic E-state index is -0.573. The van der Waals surface area contributed by atoms with E-state index in [-0.39, 0.29) is 11.6 Å². The number of piperidine rings is 1. The van der Waals surface area contributed by atoms with Gasteiger partial charge in [0.2, 0.25) is 0 Å². The van der Waals surface area contributed by atoms with E-state index in [1.54, 1.807) is 19.2 Å². The molecule has 1 radical (unpaired) electrons. The number of methoxy groups -OCH3 is 1. The van der Waals surface area contributed by atoms with Crippen molar-refractivity contribution in [2.75, 3.05) is 31.7 Å². The molecule has 2 aromatic carbocycles. The molecular formula is C25H31N4O4. The van der Waals surface area contributed by atoms with Crippen molar-refractivity contribution in [3.8, 4) is 11.5 Å². The summed E-state index contributed by atoms with van der Waals surface area (Å²) in [7, 11) is 1.64. The fraction of sp³-hybridized carbons (Fsp3) is 0.440. The number of carbonyl (C=O) groups is 1. The quantitative estimate of drug-likeness (QED) is 0.513. The highest BCUT2D eigenvalue weighted by atomic mass is 16.5. The van der Waals surface area contributed by atoms with Crippen LogP contribution in [0.5, 0.6) is 11.5 Å². The second-order valence-corrected chi connectivity index (χ2v) is 8.73. The topological polar surface area (TPSA) is 103 Å². The lowest BCUT2D eigenvalue weighted by atomic mass is 10.0. The molecular weight excluding hydrogens is 420 g/mol. The number of carbonyl (C=O) groups excluding carboxylic acids is 1. The number of oxazole rings is 1. The summed E-state index contributed by atoms with van der Waals surface area (Å²) >= 11 is 0. The Labute approximate surface area is 194 Å². The van der Waals surface area contributed by atoms with Gasteiger partial charge in [-0.2, -0.15) is 4.98 Å². The lowest BCUT2D eigenvalue weighted by molar-refractivity contribution is 0.100. The van der Waals surface area contributed by atoms with Crippen LogP contribution in [0, 0.1) is 12.0 Å². The van der Waals surface area contributed by atoms with Crippen LogP contribution in [-0.4, -0.2) is 43.7 Å². The van der Waals surface area contributed by atoms with E-state index < -0.39 is 5.91 Å². The van der Waals surface area contributed by atoms with Gasteiger partial charge in [-0.05, 0) is 67.7 Å². The molecule has 4 rings (SSSR count). The lowest BCUT2D eigenvalue weighted by Gasteiger charge is -2.33. The first kappa shape index (κ1) is 22.9.